The number of nitro groups is 1. The summed E-state index contributed by atoms with van der Waals surface area (Å²) in [6.45, 7) is 3.57. The van der Waals surface area contributed by atoms with E-state index in [0.29, 0.717) is 23.3 Å². The van der Waals surface area contributed by atoms with Crippen molar-refractivity contribution < 1.29 is 28.4 Å². The van der Waals surface area contributed by atoms with Gasteiger partial charge in [0.25, 0.3) is 11.6 Å². The number of para-hydroxylation sites is 1. The molecule has 0 unspecified atom stereocenters. The Bertz CT molecular complexity index is 1100. The first-order valence-corrected chi connectivity index (χ1v) is 9.20. The van der Waals surface area contributed by atoms with Gasteiger partial charge in [0, 0.05) is 29.7 Å². The molecule has 0 aliphatic heterocycles. The molecule has 0 aliphatic carbocycles. The van der Waals surface area contributed by atoms with E-state index in [0.717, 1.165) is 5.39 Å². The molecule has 3 rings (SSSR count). The lowest BCUT2D eigenvalue weighted by atomic mass is 10.1. The van der Waals surface area contributed by atoms with Gasteiger partial charge in [0.2, 0.25) is 5.76 Å². The highest BCUT2D eigenvalue weighted by Gasteiger charge is 2.23. The van der Waals surface area contributed by atoms with Gasteiger partial charge in [-0.3, -0.25) is 14.9 Å². The second-order valence-corrected chi connectivity index (χ2v) is 6.42. The molecule has 30 heavy (non-hydrogen) atoms. The van der Waals surface area contributed by atoms with E-state index in [1.807, 2.05) is 19.1 Å². The van der Waals surface area contributed by atoms with Gasteiger partial charge in [-0.1, -0.05) is 24.3 Å². The molecule has 0 radical (unpaired) electrons. The molecule has 2 aromatic carbocycles. The van der Waals surface area contributed by atoms with E-state index in [2.05, 4.69) is 5.32 Å². The van der Waals surface area contributed by atoms with E-state index in [-0.39, 0.29) is 23.7 Å². The topological polar surface area (TPSA) is 121 Å². The molecule has 156 valence electrons. The third-order valence-corrected chi connectivity index (χ3v) is 4.37. The molecule has 0 atom stereocenters. The Balaban J connectivity index is 1.71. The number of non-ortho nitro benzene ring substituents is 1. The minimum absolute atomic E-state index is 0.0241. The number of anilines is 1. The van der Waals surface area contributed by atoms with E-state index < -0.39 is 23.4 Å². The summed E-state index contributed by atoms with van der Waals surface area (Å²) in [6, 6.07) is 11.2. The van der Waals surface area contributed by atoms with Crippen LogP contribution in [0.4, 0.5) is 11.4 Å². The normalized spacial score (nSPS) is 10.7. The molecule has 9 nitrogen and oxygen atoms in total. The van der Waals surface area contributed by atoms with Crippen LogP contribution in [0, 0.1) is 17.0 Å². The van der Waals surface area contributed by atoms with Crippen molar-refractivity contribution in [3.8, 4) is 0 Å². The van der Waals surface area contributed by atoms with Crippen LogP contribution < -0.4 is 5.32 Å². The van der Waals surface area contributed by atoms with Crippen molar-refractivity contribution in [2.24, 2.45) is 0 Å². The molecule has 1 aromatic heterocycles. The lowest BCUT2D eigenvalue weighted by molar-refractivity contribution is -0.384. The summed E-state index contributed by atoms with van der Waals surface area (Å²) in [4.78, 5) is 35.1. The molecular weight excluding hydrogens is 392 g/mol. The number of rotatable bonds is 8. The molecule has 0 spiro atoms. The van der Waals surface area contributed by atoms with E-state index in [9.17, 15) is 19.7 Å². The Morgan fingerprint density at radius 3 is 2.70 bits per heavy atom. The quantitative estimate of drug-likeness (QED) is 0.337. The molecule has 0 saturated heterocycles. The molecular formula is C21H20N2O7. The summed E-state index contributed by atoms with van der Waals surface area (Å²) in [5.74, 6) is -1.45. The second kappa shape index (κ2) is 9.19. The standard InChI is InChI=1S/C21H20N2O7/c1-3-28-11-16-15-6-4-5-7-18(15)30-20(16)21(25)29-12-19(24)22-17-10-14(23(26)27)9-8-13(17)2/h4-10H,3,11-12H2,1-2H3,(H,22,24). The van der Waals surface area contributed by atoms with E-state index in [1.54, 1.807) is 19.1 Å². The predicted molar refractivity (Wildman–Crippen MR) is 108 cm³/mol. The van der Waals surface area contributed by atoms with Gasteiger partial charge >= 0.3 is 5.97 Å². The Hall–Kier alpha value is -3.72. The minimum Gasteiger partial charge on any atom is -0.450 e. The maximum absolute atomic E-state index is 12.5. The Morgan fingerprint density at radius 1 is 1.20 bits per heavy atom. The summed E-state index contributed by atoms with van der Waals surface area (Å²) in [5.41, 5.74) is 1.81. The number of nitrogens with zero attached hydrogens (tertiary/aromatic N) is 1. The van der Waals surface area contributed by atoms with Gasteiger partial charge in [-0.25, -0.2) is 4.79 Å². The fraction of sp³-hybridized carbons (Fsp3) is 0.238. The first kappa shape index (κ1) is 21.0. The number of nitrogens with one attached hydrogen (secondary N) is 1. The first-order valence-electron chi connectivity index (χ1n) is 9.20. The monoisotopic (exact) mass is 412 g/mol. The number of ether oxygens (including phenoxy) is 2. The SMILES string of the molecule is CCOCc1c(C(=O)OCC(=O)Nc2cc([N+](=O)[O-])ccc2C)oc2ccccc12. The second-order valence-electron chi connectivity index (χ2n) is 6.42. The lowest BCUT2D eigenvalue weighted by Gasteiger charge is -2.09. The van der Waals surface area contributed by atoms with Crippen molar-refractivity contribution >= 4 is 34.2 Å². The molecule has 0 fully saturated rings. The van der Waals surface area contributed by atoms with Gasteiger partial charge in [-0.2, -0.15) is 0 Å². The van der Waals surface area contributed by atoms with Crippen molar-refractivity contribution in [2.45, 2.75) is 20.5 Å². The lowest BCUT2D eigenvalue weighted by Crippen LogP contribution is -2.21. The minimum atomic E-state index is -0.799. The van der Waals surface area contributed by atoms with Gasteiger partial charge in [0.05, 0.1) is 17.2 Å². The number of hydrogen-bond donors (Lipinski definition) is 1. The van der Waals surface area contributed by atoms with Crippen molar-refractivity contribution in [1.29, 1.82) is 0 Å². The number of fused-ring (bicyclic) bond motifs is 1. The van der Waals surface area contributed by atoms with Crippen LogP contribution in [0.3, 0.4) is 0 Å². The highest BCUT2D eigenvalue weighted by molar-refractivity contribution is 5.98. The molecule has 0 bridgehead atoms. The van der Waals surface area contributed by atoms with Crippen LogP contribution in [0.2, 0.25) is 0 Å². The smallest absolute Gasteiger partial charge is 0.375 e. The molecule has 0 saturated carbocycles. The Kier molecular flexibility index (Phi) is 6.43. The van der Waals surface area contributed by atoms with Crippen LogP contribution in [0.25, 0.3) is 11.0 Å². The molecule has 1 amide bonds. The maximum Gasteiger partial charge on any atom is 0.375 e. The van der Waals surface area contributed by atoms with Crippen LogP contribution in [0.1, 0.15) is 28.6 Å². The molecule has 9 heteroatoms. The number of benzene rings is 2. The summed E-state index contributed by atoms with van der Waals surface area (Å²) < 4.78 is 16.1. The Morgan fingerprint density at radius 2 is 1.97 bits per heavy atom. The highest BCUT2D eigenvalue weighted by atomic mass is 16.6. The Labute approximate surface area is 171 Å². The number of hydrogen-bond acceptors (Lipinski definition) is 7. The van der Waals surface area contributed by atoms with Gasteiger partial charge in [-0.15, -0.1) is 0 Å². The van der Waals surface area contributed by atoms with Crippen LogP contribution >= 0.6 is 0 Å². The number of aryl methyl sites for hydroxylation is 1. The zero-order valence-corrected chi connectivity index (χ0v) is 16.5. The summed E-state index contributed by atoms with van der Waals surface area (Å²) in [5, 5.41) is 14.1. The van der Waals surface area contributed by atoms with Crippen LogP contribution in [-0.4, -0.2) is 30.0 Å². The third-order valence-electron chi connectivity index (χ3n) is 4.37. The van der Waals surface area contributed by atoms with Gasteiger partial charge < -0.3 is 19.2 Å². The number of carbonyl (C=O) groups excluding carboxylic acids is 2. The number of nitro benzene ring substituents is 1. The predicted octanol–water partition coefficient (Wildman–Crippen LogP) is 3.98. The van der Waals surface area contributed by atoms with Crippen LogP contribution in [-0.2, 0) is 20.9 Å². The van der Waals surface area contributed by atoms with Crippen molar-refractivity contribution in [3.05, 3.63) is 69.5 Å². The number of esters is 1. The summed E-state index contributed by atoms with van der Waals surface area (Å²) >= 11 is 0. The van der Waals surface area contributed by atoms with E-state index >= 15 is 0 Å². The average molecular weight is 412 g/mol. The summed E-state index contributed by atoms with van der Waals surface area (Å²) in [7, 11) is 0. The third kappa shape index (κ3) is 4.64. The zero-order chi connectivity index (χ0) is 21.7. The number of amides is 1. The molecule has 3 aromatic rings. The summed E-state index contributed by atoms with van der Waals surface area (Å²) in [6.07, 6.45) is 0. The molecule has 0 aliphatic rings. The number of carbonyl (C=O) groups is 2. The fourth-order valence-electron chi connectivity index (χ4n) is 2.85. The maximum atomic E-state index is 12.5. The molecule has 1 N–H and O–H groups in total. The zero-order valence-electron chi connectivity index (χ0n) is 16.5. The van der Waals surface area contributed by atoms with Crippen LogP contribution in [0.15, 0.2) is 46.9 Å². The van der Waals surface area contributed by atoms with Gasteiger partial charge in [0.1, 0.15) is 5.58 Å². The van der Waals surface area contributed by atoms with Crippen molar-refractivity contribution in [1.82, 2.24) is 0 Å². The van der Waals surface area contributed by atoms with E-state index in [1.165, 1.54) is 18.2 Å². The van der Waals surface area contributed by atoms with Gasteiger partial charge in [0.15, 0.2) is 6.61 Å². The fourth-order valence-corrected chi connectivity index (χ4v) is 2.85. The van der Waals surface area contributed by atoms with Crippen molar-refractivity contribution in [2.75, 3.05) is 18.5 Å². The van der Waals surface area contributed by atoms with Crippen LogP contribution in [0.5, 0.6) is 0 Å². The highest BCUT2D eigenvalue weighted by Crippen LogP contribution is 2.27. The number of furan rings is 1. The van der Waals surface area contributed by atoms with E-state index in [4.69, 9.17) is 13.9 Å². The largest absolute Gasteiger partial charge is 0.450 e. The first-order chi connectivity index (χ1) is 14.4. The average Bonchev–Trinajstić information content (AvgIpc) is 3.10. The van der Waals surface area contributed by atoms with Gasteiger partial charge in [-0.05, 0) is 25.5 Å². The molecule has 1 heterocycles. The van der Waals surface area contributed by atoms with Crippen molar-refractivity contribution in [3.63, 3.8) is 0 Å².